The molecule has 24 heavy (non-hydrogen) atoms. The summed E-state index contributed by atoms with van der Waals surface area (Å²) in [6.07, 6.45) is 11.9. The SMILES string of the molecule is CC(C)(C)OC(=O)N1C2CCCC1CC(O)(C1CCCCCC1)C2. The number of piperidine rings is 2. The fourth-order valence-corrected chi connectivity index (χ4v) is 5.23. The molecule has 2 saturated heterocycles. The molecule has 2 bridgehead atoms. The Bertz CT molecular complexity index is 434. The highest BCUT2D eigenvalue weighted by molar-refractivity contribution is 5.69. The van der Waals surface area contributed by atoms with Gasteiger partial charge in [-0.15, -0.1) is 0 Å². The van der Waals surface area contributed by atoms with Crippen molar-refractivity contribution in [2.45, 2.75) is 115 Å². The molecule has 3 aliphatic rings. The molecule has 1 aliphatic carbocycles. The van der Waals surface area contributed by atoms with Gasteiger partial charge in [-0.25, -0.2) is 4.79 Å². The summed E-state index contributed by atoms with van der Waals surface area (Å²) in [5.41, 5.74) is -1.03. The first-order valence-corrected chi connectivity index (χ1v) is 10.0. The quantitative estimate of drug-likeness (QED) is 0.709. The molecule has 3 rings (SSSR count). The normalized spacial score (nSPS) is 35.4. The third-order valence-electron chi connectivity index (χ3n) is 6.26. The van der Waals surface area contributed by atoms with Gasteiger partial charge in [-0.1, -0.05) is 25.7 Å². The van der Waals surface area contributed by atoms with Crippen LogP contribution in [-0.4, -0.2) is 39.4 Å². The maximum absolute atomic E-state index is 12.7. The number of carbonyl (C=O) groups is 1. The summed E-state index contributed by atoms with van der Waals surface area (Å²) < 4.78 is 5.65. The molecule has 1 N–H and O–H groups in total. The molecule has 0 aromatic carbocycles. The lowest BCUT2D eigenvalue weighted by Crippen LogP contribution is -2.62. The van der Waals surface area contributed by atoms with E-state index in [1.54, 1.807) is 0 Å². The van der Waals surface area contributed by atoms with Gasteiger partial charge in [0.05, 0.1) is 5.60 Å². The Labute approximate surface area is 146 Å². The van der Waals surface area contributed by atoms with Crippen molar-refractivity contribution in [2.75, 3.05) is 0 Å². The second kappa shape index (κ2) is 6.86. The lowest BCUT2D eigenvalue weighted by Gasteiger charge is -2.54. The van der Waals surface area contributed by atoms with Gasteiger partial charge in [-0.2, -0.15) is 0 Å². The Morgan fingerprint density at radius 3 is 2.00 bits per heavy atom. The maximum Gasteiger partial charge on any atom is 0.410 e. The van der Waals surface area contributed by atoms with E-state index in [1.165, 1.54) is 25.7 Å². The van der Waals surface area contributed by atoms with Crippen LogP contribution in [-0.2, 0) is 4.74 Å². The van der Waals surface area contributed by atoms with Crippen molar-refractivity contribution < 1.29 is 14.6 Å². The second-order valence-electron chi connectivity index (χ2n) is 9.33. The average molecular weight is 338 g/mol. The molecule has 0 radical (unpaired) electrons. The van der Waals surface area contributed by atoms with Crippen molar-refractivity contribution in [1.82, 2.24) is 4.90 Å². The third-order valence-corrected chi connectivity index (χ3v) is 6.26. The van der Waals surface area contributed by atoms with Crippen molar-refractivity contribution in [3.8, 4) is 0 Å². The molecule has 2 atom stereocenters. The predicted molar refractivity (Wildman–Crippen MR) is 94.9 cm³/mol. The zero-order chi connectivity index (χ0) is 17.4. The van der Waals surface area contributed by atoms with Crippen molar-refractivity contribution in [1.29, 1.82) is 0 Å². The fourth-order valence-electron chi connectivity index (χ4n) is 5.23. The van der Waals surface area contributed by atoms with Gasteiger partial charge in [0, 0.05) is 12.1 Å². The highest BCUT2D eigenvalue weighted by Crippen LogP contribution is 2.46. The van der Waals surface area contributed by atoms with E-state index in [0.717, 1.165) is 44.9 Å². The van der Waals surface area contributed by atoms with E-state index in [9.17, 15) is 9.90 Å². The summed E-state index contributed by atoms with van der Waals surface area (Å²) in [7, 11) is 0. The molecule has 3 fully saturated rings. The minimum absolute atomic E-state index is 0.153. The Hall–Kier alpha value is -0.770. The Morgan fingerprint density at radius 1 is 0.958 bits per heavy atom. The summed E-state index contributed by atoms with van der Waals surface area (Å²) in [6.45, 7) is 5.77. The monoisotopic (exact) mass is 337 g/mol. The van der Waals surface area contributed by atoms with Gasteiger partial charge in [0.25, 0.3) is 0 Å². The van der Waals surface area contributed by atoms with Crippen LogP contribution in [0.4, 0.5) is 4.79 Å². The van der Waals surface area contributed by atoms with Crippen molar-refractivity contribution in [2.24, 2.45) is 5.92 Å². The summed E-state index contributed by atoms with van der Waals surface area (Å²) in [5, 5.41) is 11.5. The maximum atomic E-state index is 12.7. The topological polar surface area (TPSA) is 49.8 Å². The Morgan fingerprint density at radius 2 is 1.50 bits per heavy atom. The van der Waals surface area contributed by atoms with E-state index in [-0.39, 0.29) is 18.2 Å². The largest absolute Gasteiger partial charge is 0.444 e. The molecule has 1 amide bonds. The zero-order valence-corrected chi connectivity index (χ0v) is 15.7. The first kappa shape index (κ1) is 18.0. The van der Waals surface area contributed by atoms with Crippen LogP contribution in [0.3, 0.4) is 0 Å². The molecule has 4 heteroatoms. The van der Waals surface area contributed by atoms with E-state index in [0.29, 0.717) is 5.92 Å². The van der Waals surface area contributed by atoms with Crippen molar-refractivity contribution in [3.63, 3.8) is 0 Å². The molecule has 4 nitrogen and oxygen atoms in total. The number of ether oxygens (including phenoxy) is 1. The lowest BCUT2D eigenvalue weighted by molar-refractivity contribution is -0.123. The molecule has 2 heterocycles. The summed E-state index contributed by atoms with van der Waals surface area (Å²) in [5.74, 6) is 0.420. The number of amides is 1. The van der Waals surface area contributed by atoms with Gasteiger partial charge in [0.2, 0.25) is 0 Å². The summed E-state index contributed by atoms with van der Waals surface area (Å²) in [6, 6.07) is 0.307. The van der Waals surface area contributed by atoms with Gasteiger partial charge in [0.15, 0.2) is 0 Å². The van der Waals surface area contributed by atoms with E-state index in [4.69, 9.17) is 4.74 Å². The van der Waals surface area contributed by atoms with Gasteiger partial charge >= 0.3 is 6.09 Å². The third kappa shape index (κ3) is 3.89. The minimum Gasteiger partial charge on any atom is -0.444 e. The number of nitrogens with zero attached hydrogens (tertiary/aromatic N) is 1. The van der Waals surface area contributed by atoms with Gasteiger partial charge in [-0.3, -0.25) is 0 Å². The van der Waals surface area contributed by atoms with E-state index < -0.39 is 11.2 Å². The van der Waals surface area contributed by atoms with E-state index in [2.05, 4.69) is 0 Å². The standard InChI is InChI=1S/C20H35NO3/c1-19(2,3)24-18(22)21-16-11-8-12-17(21)14-20(23,13-16)15-9-6-4-5-7-10-15/h15-17,23H,4-14H2,1-3H3. The first-order valence-electron chi connectivity index (χ1n) is 10.0. The number of fused-ring (bicyclic) bond motifs is 2. The molecule has 0 aromatic rings. The molecule has 1 saturated carbocycles. The van der Waals surface area contributed by atoms with E-state index >= 15 is 0 Å². The highest BCUT2D eigenvalue weighted by Gasteiger charge is 2.51. The molecule has 2 unspecified atom stereocenters. The van der Waals surface area contributed by atoms with Crippen LogP contribution in [0.1, 0.15) is 91.4 Å². The van der Waals surface area contributed by atoms with Crippen LogP contribution in [0.15, 0.2) is 0 Å². The molecule has 2 aliphatic heterocycles. The molecular formula is C20H35NO3. The summed E-state index contributed by atoms with van der Waals surface area (Å²) >= 11 is 0. The minimum atomic E-state index is -0.571. The fraction of sp³-hybridized carbons (Fsp3) is 0.950. The van der Waals surface area contributed by atoms with Gasteiger partial charge < -0.3 is 14.7 Å². The number of hydrogen-bond donors (Lipinski definition) is 1. The van der Waals surface area contributed by atoms with Crippen LogP contribution in [0, 0.1) is 5.92 Å². The molecule has 138 valence electrons. The zero-order valence-electron chi connectivity index (χ0n) is 15.7. The highest BCUT2D eigenvalue weighted by atomic mass is 16.6. The van der Waals surface area contributed by atoms with Gasteiger partial charge in [0.1, 0.15) is 5.60 Å². The predicted octanol–water partition coefficient (Wildman–Crippen LogP) is 4.64. The van der Waals surface area contributed by atoms with Gasteiger partial charge in [-0.05, 0) is 71.6 Å². The average Bonchev–Trinajstić information content (AvgIpc) is 2.73. The van der Waals surface area contributed by atoms with Crippen LogP contribution >= 0.6 is 0 Å². The van der Waals surface area contributed by atoms with Crippen LogP contribution in [0.5, 0.6) is 0 Å². The number of hydrogen-bond acceptors (Lipinski definition) is 3. The Kier molecular flexibility index (Phi) is 5.15. The Balaban J connectivity index is 1.73. The smallest absolute Gasteiger partial charge is 0.410 e. The number of rotatable bonds is 1. The number of carbonyl (C=O) groups excluding carboxylic acids is 1. The number of aliphatic hydroxyl groups is 1. The van der Waals surface area contributed by atoms with Crippen LogP contribution in [0.2, 0.25) is 0 Å². The van der Waals surface area contributed by atoms with Crippen molar-refractivity contribution >= 4 is 6.09 Å². The van der Waals surface area contributed by atoms with Crippen molar-refractivity contribution in [3.05, 3.63) is 0 Å². The van der Waals surface area contributed by atoms with Crippen LogP contribution < -0.4 is 0 Å². The second-order valence-corrected chi connectivity index (χ2v) is 9.33. The summed E-state index contributed by atoms with van der Waals surface area (Å²) in [4.78, 5) is 14.7. The molecule has 0 spiro atoms. The van der Waals surface area contributed by atoms with Crippen LogP contribution in [0.25, 0.3) is 0 Å². The molecular weight excluding hydrogens is 302 g/mol. The first-order chi connectivity index (χ1) is 11.3. The molecule has 0 aromatic heterocycles. The lowest BCUT2D eigenvalue weighted by atomic mass is 9.68. The van der Waals surface area contributed by atoms with E-state index in [1.807, 2.05) is 25.7 Å².